The van der Waals surface area contributed by atoms with Crippen LogP contribution < -0.4 is 0 Å². The summed E-state index contributed by atoms with van der Waals surface area (Å²) in [4.78, 5) is 41.2. The van der Waals surface area contributed by atoms with Crippen LogP contribution in [0.2, 0.25) is 0 Å². The molecule has 5 heteroatoms. The lowest BCUT2D eigenvalue weighted by molar-refractivity contribution is -0.170. The Morgan fingerprint density at radius 2 is 1.81 bits per heavy atom. The predicted molar refractivity (Wildman–Crippen MR) is 74.1 cm³/mol. The van der Waals surface area contributed by atoms with Gasteiger partial charge < -0.3 is 4.84 Å². The van der Waals surface area contributed by atoms with Gasteiger partial charge in [-0.25, -0.2) is 4.79 Å². The molecule has 1 aromatic carbocycles. The van der Waals surface area contributed by atoms with Crippen LogP contribution in [0.15, 0.2) is 24.3 Å². The molecule has 0 aromatic heterocycles. The van der Waals surface area contributed by atoms with Crippen LogP contribution in [-0.2, 0) is 9.63 Å². The molecule has 1 aliphatic heterocycles. The van der Waals surface area contributed by atoms with E-state index in [-0.39, 0.29) is 17.0 Å². The quantitative estimate of drug-likeness (QED) is 0.798. The van der Waals surface area contributed by atoms with Gasteiger partial charge in [0.05, 0.1) is 17.0 Å². The third-order valence-corrected chi connectivity index (χ3v) is 3.94. The van der Waals surface area contributed by atoms with Crippen molar-refractivity contribution >= 4 is 17.8 Å². The second kappa shape index (κ2) is 4.98. The minimum atomic E-state index is -0.565. The SMILES string of the molecule is CC(C)C[C@@H]1C[C@H]1C(=O)ON1C(=O)c2ccccc2C1=O. The van der Waals surface area contributed by atoms with E-state index in [1.807, 2.05) is 0 Å². The van der Waals surface area contributed by atoms with Crippen molar-refractivity contribution in [3.05, 3.63) is 35.4 Å². The van der Waals surface area contributed by atoms with Crippen molar-refractivity contribution in [1.29, 1.82) is 0 Å². The zero-order chi connectivity index (χ0) is 15.1. The monoisotopic (exact) mass is 287 g/mol. The van der Waals surface area contributed by atoms with Gasteiger partial charge in [0, 0.05) is 0 Å². The van der Waals surface area contributed by atoms with E-state index in [4.69, 9.17) is 4.84 Å². The molecular formula is C16H17NO4. The summed E-state index contributed by atoms with van der Waals surface area (Å²) in [6.45, 7) is 4.20. The predicted octanol–water partition coefficient (Wildman–Crippen LogP) is 2.42. The van der Waals surface area contributed by atoms with E-state index in [1.54, 1.807) is 24.3 Å². The first-order valence-corrected chi connectivity index (χ1v) is 7.18. The lowest BCUT2D eigenvalue weighted by Crippen LogP contribution is -2.33. The fourth-order valence-corrected chi connectivity index (χ4v) is 2.81. The lowest BCUT2D eigenvalue weighted by Gasteiger charge is -2.12. The van der Waals surface area contributed by atoms with Crippen LogP contribution in [-0.4, -0.2) is 22.8 Å². The Morgan fingerprint density at radius 3 is 2.33 bits per heavy atom. The number of hydroxylamine groups is 2. The average molecular weight is 287 g/mol. The molecule has 0 unspecified atom stereocenters. The lowest BCUT2D eigenvalue weighted by atomic mass is 10.1. The molecule has 1 aromatic rings. The minimum Gasteiger partial charge on any atom is -0.329 e. The summed E-state index contributed by atoms with van der Waals surface area (Å²) in [5.41, 5.74) is 0.564. The van der Waals surface area contributed by atoms with Crippen molar-refractivity contribution in [2.24, 2.45) is 17.8 Å². The zero-order valence-electron chi connectivity index (χ0n) is 12.0. The second-order valence-electron chi connectivity index (χ2n) is 6.09. The van der Waals surface area contributed by atoms with Gasteiger partial charge in [0.15, 0.2) is 0 Å². The second-order valence-corrected chi connectivity index (χ2v) is 6.09. The van der Waals surface area contributed by atoms with Crippen molar-refractivity contribution in [2.75, 3.05) is 0 Å². The van der Waals surface area contributed by atoms with Gasteiger partial charge in [0.25, 0.3) is 11.8 Å². The van der Waals surface area contributed by atoms with E-state index < -0.39 is 17.8 Å². The van der Waals surface area contributed by atoms with E-state index >= 15 is 0 Å². The van der Waals surface area contributed by atoms with Gasteiger partial charge >= 0.3 is 5.97 Å². The normalized spacial score (nSPS) is 23.5. The highest BCUT2D eigenvalue weighted by Gasteiger charge is 2.47. The fraction of sp³-hybridized carbons (Fsp3) is 0.438. The number of fused-ring (bicyclic) bond motifs is 1. The van der Waals surface area contributed by atoms with Crippen molar-refractivity contribution in [3.8, 4) is 0 Å². The maximum Gasteiger partial charge on any atom is 0.336 e. The summed E-state index contributed by atoms with van der Waals surface area (Å²) >= 11 is 0. The topological polar surface area (TPSA) is 63.7 Å². The van der Waals surface area contributed by atoms with Crippen LogP contribution >= 0.6 is 0 Å². The number of amides is 2. The summed E-state index contributed by atoms with van der Waals surface area (Å²) in [5, 5.41) is 0.595. The molecule has 1 fully saturated rings. The molecule has 21 heavy (non-hydrogen) atoms. The number of imide groups is 1. The molecule has 1 aliphatic carbocycles. The molecule has 2 aliphatic rings. The van der Waals surface area contributed by atoms with Crippen LogP contribution in [0, 0.1) is 17.8 Å². The van der Waals surface area contributed by atoms with Crippen LogP contribution in [0.1, 0.15) is 47.4 Å². The third kappa shape index (κ3) is 2.44. The van der Waals surface area contributed by atoms with E-state index in [0.717, 1.165) is 12.8 Å². The molecular weight excluding hydrogens is 270 g/mol. The average Bonchev–Trinajstić information content (AvgIpc) is 3.16. The first-order chi connectivity index (χ1) is 9.99. The van der Waals surface area contributed by atoms with Crippen molar-refractivity contribution < 1.29 is 19.2 Å². The van der Waals surface area contributed by atoms with E-state index in [9.17, 15) is 14.4 Å². The van der Waals surface area contributed by atoms with Gasteiger partial charge in [-0.15, -0.1) is 0 Å². The number of rotatable bonds is 4. The van der Waals surface area contributed by atoms with Gasteiger partial charge in [-0.05, 0) is 36.8 Å². The highest BCUT2D eigenvalue weighted by molar-refractivity contribution is 6.20. The third-order valence-electron chi connectivity index (χ3n) is 3.94. The number of hydrogen-bond acceptors (Lipinski definition) is 4. The summed E-state index contributed by atoms with van der Waals surface area (Å²) in [7, 11) is 0. The number of benzene rings is 1. The molecule has 1 heterocycles. The summed E-state index contributed by atoms with van der Waals surface area (Å²) in [5.74, 6) is -0.957. The van der Waals surface area contributed by atoms with E-state index in [0.29, 0.717) is 16.9 Å². The summed E-state index contributed by atoms with van der Waals surface area (Å²) < 4.78 is 0. The number of nitrogens with zero attached hydrogens (tertiary/aromatic N) is 1. The van der Waals surface area contributed by atoms with Gasteiger partial charge in [-0.1, -0.05) is 31.0 Å². The Morgan fingerprint density at radius 1 is 1.24 bits per heavy atom. The Hall–Kier alpha value is -2.17. The number of carbonyl (C=O) groups excluding carboxylic acids is 3. The minimum absolute atomic E-state index is 0.184. The molecule has 0 radical (unpaired) electrons. The van der Waals surface area contributed by atoms with Gasteiger partial charge in [-0.2, -0.15) is 0 Å². The first kappa shape index (κ1) is 13.8. The molecule has 0 spiro atoms. The van der Waals surface area contributed by atoms with Gasteiger partial charge in [-0.3, -0.25) is 9.59 Å². The summed E-state index contributed by atoms with van der Waals surface area (Å²) in [6.07, 6.45) is 1.74. The van der Waals surface area contributed by atoms with Crippen LogP contribution in [0.4, 0.5) is 0 Å². The van der Waals surface area contributed by atoms with E-state index in [2.05, 4.69) is 13.8 Å². The fourth-order valence-electron chi connectivity index (χ4n) is 2.81. The Balaban J connectivity index is 1.66. The van der Waals surface area contributed by atoms with E-state index in [1.165, 1.54) is 0 Å². The highest BCUT2D eigenvalue weighted by Crippen LogP contribution is 2.44. The molecule has 0 saturated heterocycles. The van der Waals surface area contributed by atoms with Crippen LogP contribution in [0.3, 0.4) is 0 Å². The largest absolute Gasteiger partial charge is 0.336 e. The van der Waals surface area contributed by atoms with Gasteiger partial charge in [0.2, 0.25) is 0 Å². The maximum atomic E-state index is 12.1. The Kier molecular flexibility index (Phi) is 3.27. The van der Waals surface area contributed by atoms with Crippen molar-refractivity contribution in [3.63, 3.8) is 0 Å². The highest BCUT2D eigenvalue weighted by atomic mass is 16.7. The standard InChI is InChI=1S/C16H17NO4/c1-9(2)7-10-8-13(10)16(20)21-17-14(18)11-5-3-4-6-12(11)15(17)19/h3-6,9-10,13H,7-8H2,1-2H3/t10-,13-/m1/s1. The molecule has 0 bridgehead atoms. The van der Waals surface area contributed by atoms with Gasteiger partial charge in [0.1, 0.15) is 0 Å². The van der Waals surface area contributed by atoms with Crippen molar-refractivity contribution in [2.45, 2.75) is 26.7 Å². The first-order valence-electron chi connectivity index (χ1n) is 7.18. The number of carbonyl (C=O) groups is 3. The summed E-state index contributed by atoms with van der Waals surface area (Å²) in [6, 6.07) is 6.47. The zero-order valence-corrected chi connectivity index (χ0v) is 12.0. The molecule has 2 amide bonds. The smallest absolute Gasteiger partial charge is 0.329 e. The van der Waals surface area contributed by atoms with Crippen LogP contribution in [0.25, 0.3) is 0 Å². The van der Waals surface area contributed by atoms with Crippen molar-refractivity contribution in [1.82, 2.24) is 5.06 Å². The Labute approximate surface area is 122 Å². The maximum absolute atomic E-state index is 12.1. The molecule has 0 N–H and O–H groups in total. The molecule has 1 saturated carbocycles. The molecule has 5 nitrogen and oxygen atoms in total. The molecule has 110 valence electrons. The van der Waals surface area contributed by atoms with Crippen LogP contribution in [0.5, 0.6) is 0 Å². The Bertz CT molecular complexity index is 587. The molecule has 2 atom stereocenters. The molecule has 3 rings (SSSR count). The number of hydrogen-bond donors (Lipinski definition) is 0.